The fourth-order valence-electron chi connectivity index (χ4n) is 5.54. The van der Waals surface area contributed by atoms with E-state index < -0.39 is 16.4 Å². The summed E-state index contributed by atoms with van der Waals surface area (Å²) < 4.78 is 26.0. The highest BCUT2D eigenvalue weighted by molar-refractivity contribution is 7.82. The molecule has 0 bridgehead atoms. The second kappa shape index (κ2) is 11.0. The number of piperidine rings is 1. The monoisotopic (exact) mass is 535 g/mol. The number of aliphatic hydroxyl groups excluding tert-OH is 1. The zero-order chi connectivity index (χ0) is 25.4. The predicted octanol–water partition coefficient (Wildman–Crippen LogP) is 3.97. The van der Waals surface area contributed by atoms with Crippen LogP contribution in [0.4, 0.5) is 0 Å². The van der Waals surface area contributed by atoms with E-state index in [9.17, 15) is 14.1 Å². The molecule has 0 radical (unpaired) electrons. The van der Waals surface area contributed by atoms with Gasteiger partial charge >= 0.3 is 0 Å². The molecule has 0 aromatic heterocycles. The van der Waals surface area contributed by atoms with Crippen molar-refractivity contribution in [3.05, 3.63) is 77.9 Å². The highest BCUT2D eigenvalue weighted by Crippen LogP contribution is 2.51. The highest BCUT2D eigenvalue weighted by atomic mass is 32.2. The Kier molecular flexibility index (Phi) is 7.68. The van der Waals surface area contributed by atoms with Crippen LogP contribution in [-0.4, -0.2) is 50.9 Å². The van der Waals surface area contributed by atoms with Gasteiger partial charge in [0.05, 0.1) is 16.9 Å². The first-order chi connectivity index (χ1) is 18.1. The van der Waals surface area contributed by atoms with Crippen molar-refractivity contribution in [2.75, 3.05) is 19.9 Å². The first kappa shape index (κ1) is 26.6. The van der Waals surface area contributed by atoms with Gasteiger partial charge in [0.1, 0.15) is 16.8 Å². The van der Waals surface area contributed by atoms with Crippen molar-refractivity contribution >= 4 is 16.8 Å². The van der Waals surface area contributed by atoms with Crippen molar-refractivity contribution in [3.8, 4) is 22.6 Å². The summed E-state index contributed by atoms with van der Waals surface area (Å²) in [6.07, 6.45) is 5.04. The van der Waals surface area contributed by atoms with Gasteiger partial charge in [-0.2, -0.15) is 0 Å². The normalized spacial score (nSPS) is 20.4. The van der Waals surface area contributed by atoms with Gasteiger partial charge in [0.15, 0.2) is 11.5 Å². The Bertz CT molecular complexity index is 1340. The van der Waals surface area contributed by atoms with Crippen LogP contribution in [-0.2, 0) is 27.6 Å². The van der Waals surface area contributed by atoms with Crippen molar-refractivity contribution in [1.82, 2.24) is 4.31 Å². The van der Waals surface area contributed by atoms with Crippen LogP contribution in [0.25, 0.3) is 11.1 Å². The maximum absolute atomic E-state index is 13.4. The molecule has 8 heteroatoms. The zero-order valence-electron chi connectivity index (χ0n) is 21.2. The average molecular weight is 536 g/mol. The van der Waals surface area contributed by atoms with E-state index in [2.05, 4.69) is 6.07 Å². The smallest absolute Gasteiger partial charge is 0.231 e. The largest absolute Gasteiger partial charge is 0.454 e. The number of aliphatic hydroxyl groups is 1. The quantitative estimate of drug-likeness (QED) is 0.470. The molecule has 2 heterocycles. The lowest BCUT2D eigenvalue weighted by Gasteiger charge is -2.33. The number of fused-ring (bicyclic) bond motifs is 1. The lowest BCUT2D eigenvalue weighted by atomic mass is 9.87. The third-order valence-corrected chi connectivity index (χ3v) is 9.47. The van der Waals surface area contributed by atoms with Crippen LogP contribution in [0.15, 0.2) is 71.6 Å². The Morgan fingerprint density at radius 3 is 2.53 bits per heavy atom. The highest BCUT2D eigenvalue weighted by Gasteiger charge is 2.50. The summed E-state index contributed by atoms with van der Waals surface area (Å²) in [5, 5.41) is 9.68. The third-order valence-electron chi connectivity index (χ3n) is 7.89. The Hall–Kier alpha value is -3.04. The second-order valence-electron chi connectivity index (χ2n) is 10.2. The molecule has 0 amide bonds. The maximum Gasteiger partial charge on any atom is 0.231 e. The number of Topliss-reactive ketones (excluding diaryl/α,β-unsaturated/α-hetero) is 1. The molecular weight excluding hydrogens is 502 g/mol. The predicted molar refractivity (Wildman–Crippen MR) is 146 cm³/mol. The molecule has 3 N–H and O–H groups in total. The number of ketones is 1. The van der Waals surface area contributed by atoms with Crippen molar-refractivity contribution in [1.29, 1.82) is 0 Å². The van der Waals surface area contributed by atoms with E-state index in [4.69, 9.17) is 9.47 Å². The van der Waals surface area contributed by atoms with Gasteiger partial charge in [0.2, 0.25) is 6.79 Å². The minimum Gasteiger partial charge on any atom is -0.454 e. The van der Waals surface area contributed by atoms with E-state index >= 15 is 0 Å². The van der Waals surface area contributed by atoms with Gasteiger partial charge in [-0.05, 0) is 72.2 Å². The molecule has 2 fully saturated rings. The number of carbonyl (C=O) groups excluding carboxylic acids is 1. The summed E-state index contributed by atoms with van der Waals surface area (Å²) in [6, 6.07) is 21.7. The van der Waals surface area contributed by atoms with Gasteiger partial charge in [-0.1, -0.05) is 48.9 Å². The van der Waals surface area contributed by atoms with Crippen LogP contribution in [0, 0.1) is 0 Å². The first-order valence-corrected chi connectivity index (χ1v) is 14.1. The van der Waals surface area contributed by atoms with Crippen molar-refractivity contribution in [2.45, 2.75) is 54.9 Å². The zero-order valence-corrected chi connectivity index (χ0v) is 22.0. The molecule has 2 unspecified atom stereocenters. The lowest BCUT2D eigenvalue weighted by Crippen LogP contribution is -2.42. The molecule has 3 aliphatic rings. The van der Waals surface area contributed by atoms with E-state index in [1.165, 1.54) is 0 Å². The molecule has 3 aromatic carbocycles. The van der Waals surface area contributed by atoms with Crippen LogP contribution >= 0.6 is 0 Å². The van der Waals surface area contributed by atoms with Gasteiger partial charge in [-0.25, -0.2) is 8.51 Å². The molecule has 200 valence electrons. The molecule has 6 rings (SSSR count). The van der Waals surface area contributed by atoms with Gasteiger partial charge in [0.25, 0.3) is 0 Å². The molecule has 3 aromatic rings. The number of rotatable bonds is 8. The van der Waals surface area contributed by atoms with E-state index in [0.717, 1.165) is 77.3 Å². The number of hydrogen-bond donors (Lipinski definition) is 1. The Morgan fingerprint density at radius 1 is 0.974 bits per heavy atom. The SMILES string of the molecule is O.O=C(Cc1cccc(-c2ccc(S(=O)N3CCCCC3CO)cc2)c1)C1(c2ccc3c(c2)OCO3)CC1. The van der Waals surface area contributed by atoms with Crippen molar-refractivity contribution < 1.29 is 29.1 Å². The summed E-state index contributed by atoms with van der Waals surface area (Å²) in [4.78, 5) is 14.2. The van der Waals surface area contributed by atoms with Gasteiger partial charge in [-0.3, -0.25) is 4.79 Å². The summed E-state index contributed by atoms with van der Waals surface area (Å²) >= 11 is 0. The van der Waals surface area contributed by atoms with E-state index in [0.29, 0.717) is 6.42 Å². The Morgan fingerprint density at radius 2 is 1.76 bits per heavy atom. The molecule has 7 nitrogen and oxygen atoms in total. The van der Waals surface area contributed by atoms with E-state index in [1.807, 2.05) is 65.0 Å². The molecular formula is C30H33NO6S. The second-order valence-corrected chi connectivity index (χ2v) is 11.6. The molecule has 2 atom stereocenters. The minimum absolute atomic E-state index is 0. The third kappa shape index (κ3) is 5.01. The number of carbonyl (C=O) groups is 1. The molecule has 1 aliphatic carbocycles. The Balaban J connectivity index is 0.00000294. The topological polar surface area (TPSA) is 108 Å². The molecule has 0 spiro atoms. The van der Waals surface area contributed by atoms with Crippen LogP contribution in [0.2, 0.25) is 0 Å². The van der Waals surface area contributed by atoms with E-state index in [1.54, 1.807) is 0 Å². The summed E-state index contributed by atoms with van der Waals surface area (Å²) in [7, 11) is -1.29. The number of nitrogens with zero attached hydrogens (tertiary/aromatic N) is 1. The lowest BCUT2D eigenvalue weighted by molar-refractivity contribution is -0.120. The summed E-state index contributed by atoms with van der Waals surface area (Å²) in [5.41, 5.74) is 3.62. The number of benzene rings is 3. The number of hydrogen-bond acceptors (Lipinski definition) is 5. The standard InChI is InChI=1S/C30H31NO5S.H2O/c32-19-25-6-1-2-15-31(25)37(34)26-10-7-22(8-11-26)23-5-3-4-21(16-23)17-29(33)30(13-14-30)24-9-12-27-28(18-24)36-20-35-27;/h3-5,7-12,16,18,25,32H,1-2,6,13-15,17,19-20H2;1H2. The fourth-order valence-corrected chi connectivity index (χ4v) is 6.91. The minimum atomic E-state index is -1.29. The van der Waals surface area contributed by atoms with Gasteiger partial charge < -0.3 is 20.1 Å². The van der Waals surface area contributed by atoms with Crippen molar-refractivity contribution in [3.63, 3.8) is 0 Å². The van der Waals surface area contributed by atoms with Gasteiger partial charge in [0, 0.05) is 19.0 Å². The summed E-state index contributed by atoms with van der Waals surface area (Å²) in [5.74, 6) is 1.68. The van der Waals surface area contributed by atoms with Crippen LogP contribution in [0.1, 0.15) is 43.2 Å². The number of ether oxygens (including phenoxy) is 2. The van der Waals surface area contributed by atoms with Gasteiger partial charge in [-0.15, -0.1) is 0 Å². The van der Waals surface area contributed by atoms with Crippen LogP contribution in [0.5, 0.6) is 11.5 Å². The van der Waals surface area contributed by atoms with Crippen LogP contribution in [0.3, 0.4) is 0 Å². The van der Waals surface area contributed by atoms with E-state index in [-0.39, 0.29) is 30.7 Å². The molecule has 1 saturated carbocycles. The van der Waals surface area contributed by atoms with Crippen LogP contribution < -0.4 is 9.47 Å². The van der Waals surface area contributed by atoms with Crippen molar-refractivity contribution in [2.24, 2.45) is 0 Å². The fraction of sp³-hybridized carbons (Fsp3) is 0.367. The first-order valence-electron chi connectivity index (χ1n) is 13.0. The molecule has 38 heavy (non-hydrogen) atoms. The maximum atomic E-state index is 13.4. The molecule has 2 aliphatic heterocycles. The summed E-state index contributed by atoms with van der Waals surface area (Å²) in [6.45, 7) is 1.000. The average Bonchev–Trinajstić information content (AvgIpc) is 3.63. The molecule has 1 saturated heterocycles. The Labute approximate surface area is 225 Å².